The van der Waals surface area contributed by atoms with Crippen molar-refractivity contribution in [3.63, 3.8) is 0 Å². The number of esters is 1. The van der Waals surface area contributed by atoms with Crippen molar-refractivity contribution in [3.05, 3.63) is 33.9 Å². The lowest BCUT2D eigenvalue weighted by Gasteiger charge is -2.17. The Morgan fingerprint density at radius 2 is 2.12 bits per heavy atom. The number of nitro benzene ring substituents is 1. The number of anilines is 1. The fourth-order valence-electron chi connectivity index (χ4n) is 2.85. The van der Waals surface area contributed by atoms with Crippen molar-refractivity contribution in [3.8, 4) is 0 Å². The highest BCUT2D eigenvalue weighted by atomic mass is 16.6. The van der Waals surface area contributed by atoms with Crippen LogP contribution in [0.5, 0.6) is 0 Å². The van der Waals surface area contributed by atoms with Crippen molar-refractivity contribution < 1.29 is 24.0 Å². The van der Waals surface area contributed by atoms with Gasteiger partial charge < -0.3 is 4.74 Å². The number of hydrazone groups is 1. The zero-order chi connectivity index (χ0) is 18.3. The number of nitrogens with one attached hydrogen (secondary N) is 1. The third-order valence-electron chi connectivity index (χ3n) is 4.05. The van der Waals surface area contributed by atoms with Crippen LogP contribution in [0, 0.1) is 23.0 Å². The quantitative estimate of drug-likeness (QED) is 0.358. The van der Waals surface area contributed by atoms with Crippen LogP contribution >= 0.6 is 0 Å². The number of carbonyl (C=O) groups excluding carboxylic acids is 3. The molecule has 1 N–H and O–H groups in total. The molecule has 0 aromatic heterocycles. The standard InChI is InChI=1S/C15H14N4O6/c1-3-25-15(22)12-10-11(16-17-12)14(21)18(13(10)20)9-6-8(19(23)24)5-4-7(9)2/h4-6,10-11,16H,3H2,1-2H3/t10-,11+/m0/s1. The molecule has 1 aromatic rings. The first kappa shape index (κ1) is 16.6. The molecular formula is C15H14N4O6. The number of aryl methyl sites for hydroxylation is 1. The fraction of sp³-hybridized carbons (Fsp3) is 0.333. The Bertz CT molecular complexity index is 833. The van der Waals surface area contributed by atoms with Gasteiger partial charge >= 0.3 is 5.97 Å². The topological polar surface area (TPSA) is 131 Å². The van der Waals surface area contributed by atoms with E-state index in [0.717, 1.165) is 11.0 Å². The van der Waals surface area contributed by atoms with Gasteiger partial charge in [0.15, 0.2) is 5.71 Å². The Labute approximate surface area is 141 Å². The van der Waals surface area contributed by atoms with Crippen LogP contribution in [0.15, 0.2) is 23.3 Å². The van der Waals surface area contributed by atoms with Gasteiger partial charge in [0.25, 0.3) is 11.6 Å². The molecule has 2 amide bonds. The summed E-state index contributed by atoms with van der Waals surface area (Å²) in [6.07, 6.45) is 0. The van der Waals surface area contributed by atoms with Crippen molar-refractivity contribution in [2.45, 2.75) is 19.9 Å². The third kappa shape index (κ3) is 2.51. The van der Waals surface area contributed by atoms with Crippen LogP contribution in [0.3, 0.4) is 0 Å². The molecule has 10 nitrogen and oxygen atoms in total. The van der Waals surface area contributed by atoms with Crippen LogP contribution in [0.4, 0.5) is 11.4 Å². The van der Waals surface area contributed by atoms with E-state index >= 15 is 0 Å². The highest BCUT2D eigenvalue weighted by molar-refractivity contribution is 6.46. The predicted octanol–water partition coefficient (Wildman–Crippen LogP) is 0.284. The Morgan fingerprint density at radius 1 is 1.40 bits per heavy atom. The van der Waals surface area contributed by atoms with Gasteiger partial charge in [-0.3, -0.25) is 25.1 Å². The Morgan fingerprint density at radius 3 is 2.76 bits per heavy atom. The molecule has 0 saturated carbocycles. The van der Waals surface area contributed by atoms with Crippen LogP contribution < -0.4 is 10.3 Å². The van der Waals surface area contributed by atoms with E-state index in [9.17, 15) is 24.5 Å². The van der Waals surface area contributed by atoms with E-state index in [4.69, 9.17) is 4.74 Å². The van der Waals surface area contributed by atoms with Crippen molar-refractivity contribution >= 4 is 34.9 Å². The lowest BCUT2D eigenvalue weighted by Crippen LogP contribution is -2.36. The molecule has 25 heavy (non-hydrogen) atoms. The second-order valence-electron chi connectivity index (χ2n) is 5.54. The highest BCUT2D eigenvalue weighted by Gasteiger charge is 2.56. The van der Waals surface area contributed by atoms with E-state index in [2.05, 4.69) is 10.5 Å². The van der Waals surface area contributed by atoms with Gasteiger partial charge in [-0.2, -0.15) is 5.10 Å². The molecule has 0 spiro atoms. The zero-order valence-corrected chi connectivity index (χ0v) is 13.4. The zero-order valence-electron chi connectivity index (χ0n) is 13.4. The number of carbonyl (C=O) groups is 3. The molecule has 2 aliphatic heterocycles. The molecular weight excluding hydrogens is 332 g/mol. The maximum atomic E-state index is 12.8. The summed E-state index contributed by atoms with van der Waals surface area (Å²) in [5, 5.41) is 14.7. The smallest absolute Gasteiger partial charge is 0.355 e. The summed E-state index contributed by atoms with van der Waals surface area (Å²) in [6.45, 7) is 3.34. The number of nitro groups is 1. The monoisotopic (exact) mass is 346 g/mol. The average molecular weight is 346 g/mol. The minimum absolute atomic E-state index is 0.102. The summed E-state index contributed by atoms with van der Waals surface area (Å²) in [4.78, 5) is 48.5. The summed E-state index contributed by atoms with van der Waals surface area (Å²) in [7, 11) is 0. The molecule has 3 rings (SSSR count). The molecule has 0 bridgehead atoms. The lowest BCUT2D eigenvalue weighted by molar-refractivity contribution is -0.384. The lowest BCUT2D eigenvalue weighted by atomic mass is 9.99. The van der Waals surface area contributed by atoms with E-state index in [1.165, 1.54) is 12.1 Å². The third-order valence-corrected chi connectivity index (χ3v) is 4.05. The van der Waals surface area contributed by atoms with E-state index in [1.54, 1.807) is 13.8 Å². The fourth-order valence-corrected chi connectivity index (χ4v) is 2.85. The van der Waals surface area contributed by atoms with Crippen molar-refractivity contribution in [1.29, 1.82) is 0 Å². The maximum Gasteiger partial charge on any atom is 0.355 e. The number of hydrogen-bond donors (Lipinski definition) is 1. The number of amides is 2. The Hall–Kier alpha value is -3.30. The molecule has 0 radical (unpaired) electrons. The number of benzene rings is 1. The van der Waals surface area contributed by atoms with Gasteiger partial charge in [0.2, 0.25) is 5.91 Å². The highest BCUT2D eigenvalue weighted by Crippen LogP contribution is 2.34. The molecule has 0 unspecified atom stereocenters. The first-order chi connectivity index (χ1) is 11.9. The minimum Gasteiger partial charge on any atom is -0.461 e. The van der Waals surface area contributed by atoms with Gasteiger partial charge in [-0.15, -0.1) is 0 Å². The molecule has 0 aliphatic carbocycles. The number of hydrogen-bond acceptors (Lipinski definition) is 8. The summed E-state index contributed by atoms with van der Waals surface area (Å²) in [5.74, 6) is -3.18. The summed E-state index contributed by atoms with van der Waals surface area (Å²) in [6, 6.07) is 2.88. The van der Waals surface area contributed by atoms with Gasteiger partial charge in [-0.05, 0) is 19.4 Å². The van der Waals surface area contributed by atoms with Crippen LogP contribution in [0.1, 0.15) is 12.5 Å². The van der Waals surface area contributed by atoms with Crippen molar-refractivity contribution in [1.82, 2.24) is 5.43 Å². The van der Waals surface area contributed by atoms with Crippen LogP contribution in [0.25, 0.3) is 0 Å². The van der Waals surface area contributed by atoms with Gasteiger partial charge in [0, 0.05) is 12.1 Å². The number of fused-ring (bicyclic) bond motifs is 1. The second-order valence-corrected chi connectivity index (χ2v) is 5.54. The van der Waals surface area contributed by atoms with Gasteiger partial charge in [0.05, 0.1) is 17.2 Å². The molecule has 10 heteroatoms. The molecule has 2 aliphatic rings. The largest absolute Gasteiger partial charge is 0.461 e. The predicted molar refractivity (Wildman–Crippen MR) is 84.8 cm³/mol. The first-order valence-electron chi connectivity index (χ1n) is 7.50. The second kappa shape index (κ2) is 5.96. The Kier molecular flexibility index (Phi) is 3.95. The van der Waals surface area contributed by atoms with Crippen molar-refractivity contribution in [2.24, 2.45) is 11.0 Å². The van der Waals surface area contributed by atoms with Gasteiger partial charge in [-0.1, -0.05) is 6.07 Å². The van der Waals surface area contributed by atoms with E-state index in [-0.39, 0.29) is 23.7 Å². The summed E-state index contributed by atoms with van der Waals surface area (Å²) >= 11 is 0. The molecule has 2 heterocycles. The molecule has 1 fully saturated rings. The minimum atomic E-state index is -1.11. The van der Waals surface area contributed by atoms with E-state index in [1.807, 2.05) is 0 Å². The number of ether oxygens (including phenoxy) is 1. The number of nitrogens with zero attached hydrogens (tertiary/aromatic N) is 3. The Balaban J connectivity index is 1.99. The molecule has 130 valence electrons. The average Bonchev–Trinajstić information content (AvgIpc) is 3.10. The van der Waals surface area contributed by atoms with Gasteiger partial charge in [-0.25, -0.2) is 9.69 Å². The van der Waals surface area contributed by atoms with Crippen LogP contribution in [0.2, 0.25) is 0 Å². The molecule has 2 atom stereocenters. The SMILES string of the molecule is CCOC(=O)C1=NN[C@H]2C(=O)N(c3cc([N+](=O)[O-])ccc3C)C(=O)[C@H]12. The normalized spacial score (nSPS) is 21.7. The number of non-ortho nitro benzene ring substituents is 1. The number of rotatable bonds is 4. The molecule has 1 saturated heterocycles. The van der Waals surface area contributed by atoms with Crippen molar-refractivity contribution in [2.75, 3.05) is 11.5 Å². The van der Waals surface area contributed by atoms with E-state index < -0.39 is 34.7 Å². The number of imide groups is 1. The summed E-state index contributed by atoms with van der Waals surface area (Å²) in [5.41, 5.74) is 2.70. The summed E-state index contributed by atoms with van der Waals surface area (Å²) < 4.78 is 4.85. The van der Waals surface area contributed by atoms with Crippen LogP contribution in [-0.2, 0) is 19.1 Å². The van der Waals surface area contributed by atoms with Gasteiger partial charge in [0.1, 0.15) is 12.0 Å². The molecule has 1 aromatic carbocycles. The first-order valence-corrected chi connectivity index (χ1v) is 7.50. The maximum absolute atomic E-state index is 12.8. The van der Waals surface area contributed by atoms with Crippen LogP contribution in [-0.4, -0.2) is 41.1 Å². The van der Waals surface area contributed by atoms with E-state index in [0.29, 0.717) is 5.56 Å².